The molecule has 0 bridgehead atoms. The van der Waals surface area contributed by atoms with E-state index < -0.39 is 0 Å². The number of nitrogens with one attached hydrogen (secondary N) is 1. The Hall–Kier alpha value is -2.17. The van der Waals surface area contributed by atoms with E-state index in [4.69, 9.17) is 9.47 Å². The summed E-state index contributed by atoms with van der Waals surface area (Å²) in [4.78, 5) is 0. The van der Waals surface area contributed by atoms with E-state index >= 15 is 0 Å². The van der Waals surface area contributed by atoms with Crippen molar-refractivity contribution >= 4 is 5.69 Å². The molecule has 5 nitrogen and oxygen atoms in total. The maximum atomic E-state index is 5.34. The number of aryl methyl sites for hydroxylation is 2. The van der Waals surface area contributed by atoms with Gasteiger partial charge in [0.25, 0.3) is 0 Å². The number of ether oxygens (including phenoxy) is 2. The van der Waals surface area contributed by atoms with Crippen molar-refractivity contribution in [2.75, 3.05) is 12.1 Å². The molecule has 0 fully saturated rings. The van der Waals surface area contributed by atoms with E-state index in [2.05, 4.69) is 10.4 Å². The number of rotatable bonds is 3. The summed E-state index contributed by atoms with van der Waals surface area (Å²) in [6, 6.07) is 5.86. The fraction of sp³-hybridized carbons (Fsp3) is 0.308. The number of nitrogens with zero attached hydrogens (tertiary/aromatic N) is 2. The van der Waals surface area contributed by atoms with E-state index in [1.807, 2.05) is 43.0 Å². The molecular formula is C13H15N3O2. The van der Waals surface area contributed by atoms with E-state index in [0.717, 1.165) is 29.4 Å². The van der Waals surface area contributed by atoms with Crippen LogP contribution in [-0.2, 0) is 13.6 Å². The molecule has 1 aliphatic rings. The second kappa shape index (κ2) is 4.25. The minimum absolute atomic E-state index is 0.306. The molecule has 0 radical (unpaired) electrons. The Morgan fingerprint density at radius 2 is 2.17 bits per heavy atom. The van der Waals surface area contributed by atoms with Crippen LogP contribution in [0.25, 0.3) is 0 Å². The number of hydrogen-bond donors (Lipinski definition) is 1. The number of anilines is 1. The summed E-state index contributed by atoms with van der Waals surface area (Å²) in [7, 11) is 1.93. The van der Waals surface area contributed by atoms with Crippen LogP contribution < -0.4 is 14.8 Å². The van der Waals surface area contributed by atoms with Gasteiger partial charge in [-0.3, -0.25) is 4.68 Å². The van der Waals surface area contributed by atoms with Gasteiger partial charge < -0.3 is 14.8 Å². The molecule has 0 spiro atoms. The van der Waals surface area contributed by atoms with Crippen molar-refractivity contribution in [3.63, 3.8) is 0 Å². The van der Waals surface area contributed by atoms with Crippen molar-refractivity contribution < 1.29 is 9.47 Å². The van der Waals surface area contributed by atoms with Crippen molar-refractivity contribution in [3.05, 3.63) is 35.7 Å². The van der Waals surface area contributed by atoms with E-state index in [-0.39, 0.29) is 0 Å². The maximum absolute atomic E-state index is 5.34. The molecule has 5 heteroatoms. The van der Waals surface area contributed by atoms with Crippen molar-refractivity contribution in [1.82, 2.24) is 9.78 Å². The van der Waals surface area contributed by atoms with Gasteiger partial charge in [0, 0.05) is 37.1 Å². The fourth-order valence-corrected chi connectivity index (χ4v) is 2.03. The third-order valence-electron chi connectivity index (χ3n) is 2.97. The molecule has 1 aromatic heterocycles. The van der Waals surface area contributed by atoms with Crippen LogP contribution in [0.1, 0.15) is 11.3 Å². The molecule has 0 saturated heterocycles. The molecule has 0 atom stereocenters. The number of fused-ring (bicyclic) bond motifs is 1. The summed E-state index contributed by atoms with van der Waals surface area (Å²) in [5.41, 5.74) is 3.25. The van der Waals surface area contributed by atoms with Gasteiger partial charge in [-0.2, -0.15) is 5.10 Å². The Balaban J connectivity index is 1.72. The van der Waals surface area contributed by atoms with Gasteiger partial charge >= 0.3 is 0 Å². The van der Waals surface area contributed by atoms with Crippen LogP contribution in [0.15, 0.2) is 24.4 Å². The summed E-state index contributed by atoms with van der Waals surface area (Å²) in [6.45, 7) is 3.07. The van der Waals surface area contributed by atoms with Crippen molar-refractivity contribution in [3.8, 4) is 11.5 Å². The molecule has 3 rings (SSSR count). The zero-order valence-electron chi connectivity index (χ0n) is 10.4. The standard InChI is InChI=1S/C13H15N3O2/c1-9-10(7-16(2)15-9)6-14-11-3-4-12-13(5-11)18-8-17-12/h3-5,7,14H,6,8H2,1-2H3. The van der Waals surface area contributed by atoms with Crippen LogP contribution >= 0.6 is 0 Å². The van der Waals surface area contributed by atoms with E-state index in [1.165, 1.54) is 5.56 Å². The Kier molecular flexibility index (Phi) is 2.59. The quantitative estimate of drug-likeness (QED) is 0.899. The first-order valence-electron chi connectivity index (χ1n) is 5.85. The van der Waals surface area contributed by atoms with Crippen LogP contribution in [0.5, 0.6) is 11.5 Å². The Bertz CT molecular complexity index is 578. The van der Waals surface area contributed by atoms with E-state index in [9.17, 15) is 0 Å². The Morgan fingerprint density at radius 1 is 1.33 bits per heavy atom. The minimum Gasteiger partial charge on any atom is -0.454 e. The predicted molar refractivity (Wildman–Crippen MR) is 67.8 cm³/mol. The first kappa shape index (κ1) is 11.0. The van der Waals surface area contributed by atoms with Gasteiger partial charge in [0.15, 0.2) is 11.5 Å². The number of hydrogen-bond acceptors (Lipinski definition) is 4. The first-order chi connectivity index (χ1) is 8.72. The second-order valence-electron chi connectivity index (χ2n) is 4.34. The van der Waals surface area contributed by atoms with Crippen molar-refractivity contribution in [2.45, 2.75) is 13.5 Å². The maximum Gasteiger partial charge on any atom is 0.231 e. The molecule has 1 N–H and O–H groups in total. The second-order valence-corrected chi connectivity index (χ2v) is 4.34. The fourth-order valence-electron chi connectivity index (χ4n) is 2.03. The molecular weight excluding hydrogens is 230 g/mol. The van der Waals surface area contributed by atoms with Gasteiger partial charge in [-0.05, 0) is 19.1 Å². The number of aromatic nitrogens is 2. The highest BCUT2D eigenvalue weighted by Crippen LogP contribution is 2.34. The summed E-state index contributed by atoms with van der Waals surface area (Å²) in [6.07, 6.45) is 2.02. The van der Waals surface area contributed by atoms with Crippen LogP contribution in [0.4, 0.5) is 5.69 Å². The summed E-state index contributed by atoms with van der Waals surface area (Å²) < 4.78 is 12.4. The third kappa shape index (κ3) is 1.99. The SMILES string of the molecule is Cc1nn(C)cc1CNc1ccc2c(c1)OCO2. The van der Waals surface area contributed by atoms with Crippen LogP contribution in [0, 0.1) is 6.92 Å². The first-order valence-corrected chi connectivity index (χ1v) is 5.85. The molecule has 0 aliphatic carbocycles. The van der Waals surface area contributed by atoms with E-state index in [1.54, 1.807) is 0 Å². The molecule has 94 valence electrons. The highest BCUT2D eigenvalue weighted by molar-refractivity contribution is 5.55. The highest BCUT2D eigenvalue weighted by atomic mass is 16.7. The zero-order valence-corrected chi connectivity index (χ0v) is 10.4. The lowest BCUT2D eigenvalue weighted by Crippen LogP contribution is -1.99. The van der Waals surface area contributed by atoms with E-state index in [0.29, 0.717) is 6.79 Å². The molecule has 18 heavy (non-hydrogen) atoms. The highest BCUT2D eigenvalue weighted by Gasteiger charge is 2.13. The normalized spacial score (nSPS) is 12.8. The molecule has 0 unspecified atom stereocenters. The Labute approximate surface area is 105 Å². The molecule has 1 aromatic carbocycles. The molecule has 0 saturated carbocycles. The Morgan fingerprint density at radius 3 is 2.94 bits per heavy atom. The average Bonchev–Trinajstić information content (AvgIpc) is 2.92. The topological polar surface area (TPSA) is 48.3 Å². The molecule has 1 aliphatic heterocycles. The van der Waals surface area contributed by atoms with Gasteiger partial charge in [-0.1, -0.05) is 0 Å². The average molecular weight is 245 g/mol. The summed E-state index contributed by atoms with van der Waals surface area (Å²) in [5.74, 6) is 1.60. The lowest BCUT2D eigenvalue weighted by atomic mass is 10.2. The van der Waals surface area contributed by atoms with Crippen LogP contribution in [-0.4, -0.2) is 16.6 Å². The van der Waals surface area contributed by atoms with Gasteiger partial charge in [0.2, 0.25) is 6.79 Å². The van der Waals surface area contributed by atoms with Gasteiger partial charge in [-0.15, -0.1) is 0 Å². The minimum atomic E-state index is 0.306. The van der Waals surface area contributed by atoms with Crippen molar-refractivity contribution in [1.29, 1.82) is 0 Å². The zero-order chi connectivity index (χ0) is 12.5. The van der Waals surface area contributed by atoms with Gasteiger partial charge in [-0.25, -0.2) is 0 Å². The molecule has 2 aromatic rings. The van der Waals surface area contributed by atoms with Gasteiger partial charge in [0.1, 0.15) is 0 Å². The molecule has 0 amide bonds. The summed E-state index contributed by atoms with van der Waals surface area (Å²) >= 11 is 0. The lowest BCUT2D eigenvalue weighted by Gasteiger charge is -2.06. The van der Waals surface area contributed by atoms with Crippen LogP contribution in [0.3, 0.4) is 0 Å². The largest absolute Gasteiger partial charge is 0.454 e. The lowest BCUT2D eigenvalue weighted by molar-refractivity contribution is 0.174. The summed E-state index contributed by atoms with van der Waals surface area (Å²) in [5, 5.41) is 7.67. The third-order valence-corrected chi connectivity index (χ3v) is 2.97. The smallest absolute Gasteiger partial charge is 0.231 e. The van der Waals surface area contributed by atoms with Crippen LogP contribution in [0.2, 0.25) is 0 Å². The number of benzene rings is 1. The monoisotopic (exact) mass is 245 g/mol. The van der Waals surface area contributed by atoms with Gasteiger partial charge in [0.05, 0.1) is 5.69 Å². The van der Waals surface area contributed by atoms with Crippen molar-refractivity contribution in [2.24, 2.45) is 7.05 Å². The molecule has 2 heterocycles. The predicted octanol–water partition coefficient (Wildman–Crippen LogP) is 2.07.